The van der Waals surface area contributed by atoms with E-state index in [1.807, 2.05) is 0 Å². The summed E-state index contributed by atoms with van der Waals surface area (Å²) < 4.78 is 0. The number of hydrogen-bond donors (Lipinski definition) is 0. The van der Waals surface area contributed by atoms with Crippen molar-refractivity contribution in [2.24, 2.45) is 0 Å². The minimum Gasteiger partial charge on any atom is 0 e. The molecule has 0 aliphatic carbocycles. The molecule has 1 radical (unpaired) electrons. The fourth-order valence-electron chi connectivity index (χ4n) is 0. The van der Waals surface area contributed by atoms with Crippen molar-refractivity contribution in [3.05, 3.63) is 0 Å². The average Bonchev–Trinajstić information content (AvgIpc) is 0. The maximum Gasteiger partial charge on any atom is 0.187 e. The molecule has 0 aliphatic heterocycles. The van der Waals surface area contributed by atoms with Gasteiger partial charge in [0.1, 0.15) is 0 Å². The molecule has 0 amide bonds. The van der Waals surface area contributed by atoms with E-state index in [9.17, 15) is 0 Å². The SMILES string of the molecule is [AlH3].[Ni].[Ti].[V]. The Morgan fingerprint density at radius 1 is 1.00 bits per heavy atom. The van der Waals surface area contributed by atoms with Gasteiger partial charge in [0, 0.05) is 56.8 Å². The molecule has 0 aromatic heterocycles. The second kappa shape index (κ2) is 18.4. The second-order valence-electron chi connectivity index (χ2n) is 0. The van der Waals surface area contributed by atoms with Crippen molar-refractivity contribution in [2.75, 3.05) is 0 Å². The zero-order valence-corrected chi connectivity index (χ0v) is 5.21. The van der Waals surface area contributed by atoms with Crippen LogP contribution in [0.25, 0.3) is 0 Å². The van der Waals surface area contributed by atoms with E-state index in [1.54, 1.807) is 0 Å². The van der Waals surface area contributed by atoms with E-state index in [1.165, 1.54) is 0 Å². The van der Waals surface area contributed by atoms with E-state index < -0.39 is 0 Å². The van der Waals surface area contributed by atoms with Gasteiger partial charge in [-0.2, -0.15) is 0 Å². The van der Waals surface area contributed by atoms with E-state index in [0.29, 0.717) is 0 Å². The summed E-state index contributed by atoms with van der Waals surface area (Å²) in [5.41, 5.74) is 0. The normalized spacial score (nSPS) is 0. The first-order chi connectivity index (χ1) is 0. The van der Waals surface area contributed by atoms with Gasteiger partial charge < -0.3 is 0 Å². The smallest absolute Gasteiger partial charge is 0 e. The monoisotopic (exact) mass is 187 g/mol. The summed E-state index contributed by atoms with van der Waals surface area (Å²) in [5, 5.41) is 0. The molecule has 0 spiro atoms. The third-order valence-corrected chi connectivity index (χ3v) is 0. The largest absolute Gasteiger partial charge is 0.187 e. The molecule has 0 bridgehead atoms. The van der Waals surface area contributed by atoms with Gasteiger partial charge in [-0.05, 0) is 0 Å². The molecule has 0 unspecified atom stereocenters. The Kier molecular flexibility index (Phi) is 153. The Bertz CT molecular complexity index is 8.00. The summed E-state index contributed by atoms with van der Waals surface area (Å²) in [6.07, 6.45) is 0. The van der Waals surface area contributed by atoms with Crippen LogP contribution in [0.15, 0.2) is 0 Å². The number of hydrogen-bond acceptors (Lipinski definition) is 0. The molecular weight excluding hydrogens is 184 g/mol. The van der Waals surface area contributed by atoms with Gasteiger partial charge in [0.25, 0.3) is 0 Å². The fraction of sp³-hybridized carbons (Fsp3) is 0. The summed E-state index contributed by atoms with van der Waals surface area (Å²) in [6, 6.07) is 0. The minimum atomic E-state index is 0. The van der Waals surface area contributed by atoms with Crippen LogP contribution in [0.5, 0.6) is 0 Å². The van der Waals surface area contributed by atoms with Crippen molar-refractivity contribution in [1.82, 2.24) is 0 Å². The molecule has 0 fully saturated rings. The van der Waals surface area contributed by atoms with Crippen molar-refractivity contribution in [3.8, 4) is 0 Å². The Hall–Kier alpha value is 2.32. The van der Waals surface area contributed by atoms with Crippen LogP contribution in [0.1, 0.15) is 0 Å². The Morgan fingerprint density at radius 3 is 1.00 bits per heavy atom. The summed E-state index contributed by atoms with van der Waals surface area (Å²) >= 11 is 0. The van der Waals surface area contributed by atoms with Crippen molar-refractivity contribution < 1.29 is 56.8 Å². The van der Waals surface area contributed by atoms with Crippen molar-refractivity contribution >= 4 is 17.4 Å². The van der Waals surface area contributed by atoms with E-state index in [4.69, 9.17) is 0 Å². The van der Waals surface area contributed by atoms with E-state index in [0.717, 1.165) is 0 Å². The van der Waals surface area contributed by atoms with Crippen LogP contribution in [-0.2, 0) is 56.8 Å². The topological polar surface area (TPSA) is 0 Å². The average molecular weight is 188 g/mol. The maximum absolute atomic E-state index is 0. The molecule has 4 heteroatoms. The quantitative estimate of drug-likeness (QED) is 0.419. The minimum absolute atomic E-state index is 0. The Morgan fingerprint density at radius 2 is 1.00 bits per heavy atom. The van der Waals surface area contributed by atoms with Crippen LogP contribution in [0.3, 0.4) is 0 Å². The van der Waals surface area contributed by atoms with Crippen molar-refractivity contribution in [2.45, 2.75) is 0 Å². The fourth-order valence-corrected chi connectivity index (χ4v) is 0. The molecule has 0 aromatic carbocycles. The molecule has 0 aromatic rings. The van der Waals surface area contributed by atoms with Gasteiger partial charge in [-0.15, -0.1) is 0 Å². The van der Waals surface area contributed by atoms with Crippen LogP contribution in [0, 0.1) is 0 Å². The predicted molar refractivity (Wildman–Crippen MR) is 9.94 cm³/mol. The van der Waals surface area contributed by atoms with E-state index in [-0.39, 0.29) is 74.1 Å². The van der Waals surface area contributed by atoms with Gasteiger partial charge in [0.05, 0.1) is 0 Å². The van der Waals surface area contributed by atoms with Gasteiger partial charge in [0.15, 0.2) is 17.4 Å². The molecule has 0 saturated carbocycles. The van der Waals surface area contributed by atoms with Crippen LogP contribution in [-0.4, -0.2) is 17.4 Å². The van der Waals surface area contributed by atoms with Gasteiger partial charge in [0.2, 0.25) is 0 Å². The summed E-state index contributed by atoms with van der Waals surface area (Å²) in [6.45, 7) is 0. The first-order valence-corrected chi connectivity index (χ1v) is 0. The molecule has 0 saturated heterocycles. The van der Waals surface area contributed by atoms with Crippen molar-refractivity contribution in [3.63, 3.8) is 0 Å². The predicted octanol–water partition coefficient (Wildman–Crippen LogP) is -1.19. The van der Waals surface area contributed by atoms with E-state index in [2.05, 4.69) is 0 Å². The first kappa shape index (κ1) is 33.2. The zero-order chi connectivity index (χ0) is 0. The van der Waals surface area contributed by atoms with Gasteiger partial charge in [-0.1, -0.05) is 0 Å². The zero-order valence-electron chi connectivity index (χ0n) is 1.26. The first-order valence-electron chi connectivity index (χ1n) is 0. The standard InChI is InChI=1S/Al.Ni.Ti.V.3H. The molecule has 0 nitrogen and oxygen atoms in total. The van der Waals surface area contributed by atoms with Crippen LogP contribution in [0.2, 0.25) is 0 Å². The van der Waals surface area contributed by atoms with Crippen LogP contribution >= 0.6 is 0 Å². The molecule has 0 N–H and O–H groups in total. The van der Waals surface area contributed by atoms with E-state index >= 15 is 0 Å². The summed E-state index contributed by atoms with van der Waals surface area (Å²) in [5.74, 6) is 0. The van der Waals surface area contributed by atoms with Crippen LogP contribution < -0.4 is 0 Å². The third-order valence-electron chi connectivity index (χ3n) is 0. The Balaban J connectivity index is 0. The van der Waals surface area contributed by atoms with Crippen molar-refractivity contribution in [1.29, 1.82) is 0 Å². The number of rotatable bonds is 0. The van der Waals surface area contributed by atoms with Gasteiger partial charge in [-0.3, -0.25) is 0 Å². The molecule has 0 atom stereocenters. The molecule has 0 aliphatic rings. The van der Waals surface area contributed by atoms with Gasteiger partial charge >= 0.3 is 0 Å². The van der Waals surface area contributed by atoms with Crippen LogP contribution in [0.4, 0.5) is 0 Å². The molecule has 0 heterocycles. The second-order valence-corrected chi connectivity index (χ2v) is 0. The molecule has 25 valence electrons. The summed E-state index contributed by atoms with van der Waals surface area (Å²) in [7, 11) is 0. The molecule has 0 rings (SSSR count). The summed E-state index contributed by atoms with van der Waals surface area (Å²) in [4.78, 5) is 0. The third kappa shape index (κ3) is 8.85. The maximum atomic E-state index is 0. The molecule has 4 heavy (non-hydrogen) atoms. The molecular formula is H3AlNiTiV. The van der Waals surface area contributed by atoms with Gasteiger partial charge in [-0.25, -0.2) is 0 Å². The Labute approximate surface area is 73.3 Å².